The van der Waals surface area contributed by atoms with Crippen LogP contribution in [0, 0.1) is 6.92 Å². The topological polar surface area (TPSA) is 65.5 Å². The van der Waals surface area contributed by atoms with Crippen molar-refractivity contribution in [2.24, 2.45) is 0 Å². The van der Waals surface area contributed by atoms with Gasteiger partial charge in [-0.3, -0.25) is 0 Å². The van der Waals surface area contributed by atoms with E-state index in [2.05, 4.69) is 28.3 Å². The van der Waals surface area contributed by atoms with Gasteiger partial charge in [0.1, 0.15) is 11.4 Å². The van der Waals surface area contributed by atoms with Crippen molar-refractivity contribution in [3.05, 3.63) is 71.0 Å². The van der Waals surface area contributed by atoms with Gasteiger partial charge in [-0.2, -0.15) is 0 Å². The number of hydrogen-bond donors (Lipinski definition) is 0. The Kier molecular flexibility index (Phi) is 4.81. The number of thioether (sulfide) groups is 1. The highest BCUT2D eigenvalue weighted by molar-refractivity contribution is 7.98. The minimum Gasteiger partial charge on any atom is -0.484 e. The minimum absolute atomic E-state index is 0.211. The van der Waals surface area contributed by atoms with E-state index in [1.807, 2.05) is 22.7 Å². The fourth-order valence-corrected chi connectivity index (χ4v) is 3.18. The number of aryl methyl sites for hydroxylation is 1. The Balaban J connectivity index is 1.34. The lowest BCUT2D eigenvalue weighted by molar-refractivity contribution is 0.252. The summed E-state index contributed by atoms with van der Waals surface area (Å²) >= 11 is 7.29. The Labute approximate surface area is 159 Å². The van der Waals surface area contributed by atoms with Crippen LogP contribution in [0.4, 0.5) is 0 Å². The number of halogens is 1. The van der Waals surface area contributed by atoms with Gasteiger partial charge in [-0.1, -0.05) is 29.4 Å². The molecular weight excluding hydrogens is 372 g/mol. The molecule has 0 atom stereocenters. The van der Waals surface area contributed by atoms with Crippen LogP contribution in [0.3, 0.4) is 0 Å². The molecule has 4 aromatic rings. The SMILES string of the molecule is Cc1ccc2nc(CSc3nnc(COc4ccc(Cl)cc4)o3)cn2c1. The first-order valence-electron chi connectivity index (χ1n) is 7.93. The molecule has 0 aliphatic carbocycles. The smallest absolute Gasteiger partial charge is 0.277 e. The molecule has 4 rings (SSSR count). The van der Waals surface area contributed by atoms with Crippen molar-refractivity contribution in [2.45, 2.75) is 24.5 Å². The number of ether oxygens (including phenoxy) is 1. The molecule has 0 saturated heterocycles. The number of imidazole rings is 1. The molecule has 0 N–H and O–H groups in total. The van der Waals surface area contributed by atoms with Crippen LogP contribution in [-0.2, 0) is 12.4 Å². The van der Waals surface area contributed by atoms with Gasteiger partial charge in [0.05, 0.1) is 5.69 Å². The summed E-state index contributed by atoms with van der Waals surface area (Å²) in [6, 6.07) is 11.2. The average molecular weight is 387 g/mol. The molecule has 0 amide bonds. The zero-order valence-corrected chi connectivity index (χ0v) is 15.5. The lowest BCUT2D eigenvalue weighted by atomic mass is 10.3. The number of hydrogen-bond acceptors (Lipinski definition) is 6. The van der Waals surface area contributed by atoms with Crippen LogP contribution < -0.4 is 4.74 Å². The molecule has 26 heavy (non-hydrogen) atoms. The van der Waals surface area contributed by atoms with Crippen molar-refractivity contribution in [2.75, 3.05) is 0 Å². The third kappa shape index (κ3) is 4.00. The van der Waals surface area contributed by atoms with Crippen molar-refractivity contribution in [3.63, 3.8) is 0 Å². The highest BCUT2D eigenvalue weighted by atomic mass is 35.5. The van der Waals surface area contributed by atoms with Gasteiger partial charge in [0.15, 0.2) is 6.61 Å². The number of aromatic nitrogens is 4. The lowest BCUT2D eigenvalue weighted by Gasteiger charge is -2.02. The maximum Gasteiger partial charge on any atom is 0.277 e. The van der Waals surface area contributed by atoms with E-state index in [1.54, 1.807) is 24.3 Å². The predicted molar refractivity (Wildman–Crippen MR) is 99.6 cm³/mol. The molecule has 1 aromatic carbocycles. The van der Waals surface area contributed by atoms with Crippen LogP contribution in [-0.4, -0.2) is 19.6 Å². The lowest BCUT2D eigenvalue weighted by Crippen LogP contribution is -1.95. The Morgan fingerprint density at radius 2 is 1.96 bits per heavy atom. The summed E-state index contributed by atoms with van der Waals surface area (Å²) in [4.78, 5) is 4.58. The zero-order valence-electron chi connectivity index (χ0n) is 13.9. The van der Waals surface area contributed by atoms with Crippen molar-refractivity contribution in [1.82, 2.24) is 19.6 Å². The largest absolute Gasteiger partial charge is 0.484 e. The van der Waals surface area contributed by atoms with E-state index in [9.17, 15) is 0 Å². The van der Waals surface area contributed by atoms with Gasteiger partial charge in [0.25, 0.3) is 11.1 Å². The van der Waals surface area contributed by atoms with Crippen molar-refractivity contribution in [3.8, 4) is 5.75 Å². The molecule has 0 spiro atoms. The molecule has 0 saturated carbocycles. The van der Waals surface area contributed by atoms with E-state index >= 15 is 0 Å². The number of benzene rings is 1. The molecule has 0 unspecified atom stereocenters. The highest BCUT2D eigenvalue weighted by Gasteiger charge is 2.09. The van der Waals surface area contributed by atoms with E-state index in [1.165, 1.54) is 17.3 Å². The van der Waals surface area contributed by atoms with Crippen LogP contribution in [0.5, 0.6) is 5.75 Å². The summed E-state index contributed by atoms with van der Waals surface area (Å²) in [7, 11) is 0. The number of pyridine rings is 1. The van der Waals surface area contributed by atoms with Crippen LogP contribution in [0.15, 0.2) is 58.4 Å². The normalized spacial score (nSPS) is 11.2. The van der Waals surface area contributed by atoms with Gasteiger partial charge in [0, 0.05) is 23.2 Å². The molecule has 3 aromatic heterocycles. The molecule has 0 aliphatic heterocycles. The van der Waals surface area contributed by atoms with E-state index in [0.717, 1.165) is 11.3 Å². The molecule has 6 nitrogen and oxygen atoms in total. The average Bonchev–Trinajstić information content (AvgIpc) is 3.25. The monoisotopic (exact) mass is 386 g/mol. The second-order valence-corrected chi connectivity index (χ2v) is 7.06. The van der Waals surface area contributed by atoms with Gasteiger partial charge in [-0.05, 0) is 42.8 Å². The summed E-state index contributed by atoms with van der Waals surface area (Å²) in [5, 5.41) is 9.19. The first-order chi connectivity index (χ1) is 12.7. The molecule has 0 aliphatic rings. The first kappa shape index (κ1) is 16.9. The predicted octanol–water partition coefficient (Wildman–Crippen LogP) is 4.55. The Morgan fingerprint density at radius 1 is 1.12 bits per heavy atom. The standard InChI is InChI=1S/C18H15ClN4O2S/c1-12-2-7-16-20-14(9-23(16)8-12)11-26-18-22-21-17(25-18)10-24-15-5-3-13(19)4-6-15/h2-9H,10-11H2,1H3. The third-order valence-electron chi connectivity index (χ3n) is 3.62. The molecule has 8 heteroatoms. The van der Waals surface area contributed by atoms with E-state index in [4.69, 9.17) is 20.8 Å². The first-order valence-corrected chi connectivity index (χ1v) is 9.30. The summed E-state index contributed by atoms with van der Waals surface area (Å²) in [6.45, 7) is 2.27. The molecule has 132 valence electrons. The summed E-state index contributed by atoms with van der Waals surface area (Å²) < 4.78 is 13.2. The van der Waals surface area contributed by atoms with E-state index in [0.29, 0.717) is 27.6 Å². The zero-order chi connectivity index (χ0) is 17.9. The number of rotatable bonds is 6. The minimum atomic E-state index is 0.211. The Hall–Kier alpha value is -2.51. The molecular formula is C18H15ClN4O2S. The van der Waals surface area contributed by atoms with Crippen molar-refractivity contribution in [1.29, 1.82) is 0 Å². The van der Waals surface area contributed by atoms with Gasteiger partial charge in [-0.25, -0.2) is 4.98 Å². The van der Waals surface area contributed by atoms with Crippen LogP contribution in [0.1, 0.15) is 17.1 Å². The van der Waals surface area contributed by atoms with Crippen LogP contribution in [0.25, 0.3) is 5.65 Å². The van der Waals surface area contributed by atoms with Gasteiger partial charge in [-0.15, -0.1) is 10.2 Å². The fourth-order valence-electron chi connectivity index (χ4n) is 2.39. The third-order valence-corrected chi connectivity index (χ3v) is 4.72. The van der Waals surface area contributed by atoms with E-state index < -0.39 is 0 Å². The van der Waals surface area contributed by atoms with Crippen molar-refractivity contribution < 1.29 is 9.15 Å². The maximum absolute atomic E-state index is 5.85. The summed E-state index contributed by atoms with van der Waals surface area (Å²) in [5.41, 5.74) is 3.07. The van der Waals surface area contributed by atoms with Crippen molar-refractivity contribution >= 4 is 29.0 Å². The molecule has 0 radical (unpaired) electrons. The van der Waals surface area contributed by atoms with Gasteiger partial charge in [0.2, 0.25) is 0 Å². The number of fused-ring (bicyclic) bond motifs is 1. The highest BCUT2D eigenvalue weighted by Crippen LogP contribution is 2.22. The number of nitrogens with zero attached hydrogens (tertiary/aromatic N) is 4. The second-order valence-electron chi connectivity index (χ2n) is 5.70. The second kappa shape index (κ2) is 7.39. The van der Waals surface area contributed by atoms with Gasteiger partial charge >= 0.3 is 0 Å². The molecule has 3 heterocycles. The molecule has 0 fully saturated rings. The Morgan fingerprint density at radius 3 is 2.81 bits per heavy atom. The van der Waals surface area contributed by atoms with Crippen LogP contribution >= 0.6 is 23.4 Å². The van der Waals surface area contributed by atoms with E-state index in [-0.39, 0.29) is 6.61 Å². The van der Waals surface area contributed by atoms with Crippen LogP contribution in [0.2, 0.25) is 5.02 Å². The summed E-state index contributed by atoms with van der Waals surface area (Å²) in [5.74, 6) is 1.77. The Bertz CT molecular complexity index is 1030. The molecule has 0 bridgehead atoms. The maximum atomic E-state index is 5.85. The summed E-state index contributed by atoms with van der Waals surface area (Å²) in [6.07, 6.45) is 4.06. The quantitative estimate of drug-likeness (QED) is 0.453. The van der Waals surface area contributed by atoms with Gasteiger partial charge < -0.3 is 13.6 Å². The fraction of sp³-hybridized carbons (Fsp3) is 0.167.